The van der Waals surface area contributed by atoms with Crippen molar-refractivity contribution in [3.8, 4) is 0 Å². The smallest absolute Gasteiger partial charge is 0.266 e. The summed E-state index contributed by atoms with van der Waals surface area (Å²) < 4.78 is 26.9. The number of carbonyl (C=O) groups excluding carboxylic acids is 2. The van der Waals surface area contributed by atoms with E-state index < -0.39 is 21.8 Å². The number of hydrogen-bond donors (Lipinski definition) is 1. The van der Waals surface area contributed by atoms with Crippen LogP contribution in [0.1, 0.15) is 46.0 Å². The van der Waals surface area contributed by atoms with Crippen molar-refractivity contribution in [1.82, 2.24) is 0 Å². The van der Waals surface area contributed by atoms with Crippen LogP contribution in [0.3, 0.4) is 0 Å². The second-order valence-corrected chi connectivity index (χ2v) is 8.11. The molecule has 0 bridgehead atoms. The molecule has 3 rings (SSSR count). The van der Waals surface area contributed by atoms with Crippen molar-refractivity contribution >= 4 is 33.2 Å². The van der Waals surface area contributed by atoms with E-state index in [1.165, 1.54) is 6.07 Å². The molecule has 0 aromatic heterocycles. The number of fused-ring (bicyclic) bond motifs is 1. The van der Waals surface area contributed by atoms with Gasteiger partial charge in [0, 0.05) is 0 Å². The summed E-state index contributed by atoms with van der Waals surface area (Å²) in [6.07, 6.45) is 1.33. The third kappa shape index (κ3) is 3.35. The van der Waals surface area contributed by atoms with Crippen molar-refractivity contribution in [3.63, 3.8) is 0 Å². The van der Waals surface area contributed by atoms with Crippen LogP contribution in [0.4, 0.5) is 11.4 Å². The number of amides is 2. The van der Waals surface area contributed by atoms with Gasteiger partial charge in [-0.3, -0.25) is 14.3 Å². The summed E-state index contributed by atoms with van der Waals surface area (Å²) >= 11 is 0. The van der Waals surface area contributed by atoms with Crippen molar-refractivity contribution < 1.29 is 18.0 Å². The van der Waals surface area contributed by atoms with Crippen LogP contribution < -0.4 is 9.62 Å². The summed E-state index contributed by atoms with van der Waals surface area (Å²) in [5.41, 5.74) is 2.13. The zero-order valence-electron chi connectivity index (χ0n) is 14.7. The molecule has 0 radical (unpaired) electrons. The van der Waals surface area contributed by atoms with Crippen molar-refractivity contribution in [3.05, 3.63) is 59.2 Å². The fraction of sp³-hybridized carbons (Fsp3) is 0.263. The number of carbonyl (C=O) groups is 2. The third-order valence-corrected chi connectivity index (χ3v) is 5.66. The number of sulfonamides is 1. The molecule has 1 aliphatic rings. The van der Waals surface area contributed by atoms with Crippen molar-refractivity contribution in [2.45, 2.75) is 26.7 Å². The molecule has 2 aromatic carbocycles. The first-order chi connectivity index (χ1) is 12.3. The third-order valence-electron chi connectivity index (χ3n) is 4.31. The largest absolute Gasteiger partial charge is 0.283 e. The fourth-order valence-electron chi connectivity index (χ4n) is 2.84. The van der Waals surface area contributed by atoms with Crippen LogP contribution >= 0.6 is 0 Å². The highest BCUT2D eigenvalue weighted by Crippen LogP contribution is 2.31. The van der Waals surface area contributed by atoms with Crippen molar-refractivity contribution in [2.24, 2.45) is 0 Å². The molecule has 0 aliphatic carbocycles. The Hall–Kier alpha value is -2.67. The predicted octanol–water partition coefficient (Wildman–Crippen LogP) is 3.34. The van der Waals surface area contributed by atoms with E-state index in [4.69, 9.17) is 0 Å². The molecular formula is C19H20N2O4S. The van der Waals surface area contributed by atoms with Gasteiger partial charge < -0.3 is 0 Å². The van der Waals surface area contributed by atoms with E-state index in [0.29, 0.717) is 34.5 Å². The van der Waals surface area contributed by atoms with E-state index in [1.54, 1.807) is 43.3 Å². The van der Waals surface area contributed by atoms with Crippen LogP contribution in [0.25, 0.3) is 0 Å². The van der Waals surface area contributed by atoms with E-state index >= 15 is 0 Å². The molecule has 6 nitrogen and oxygen atoms in total. The zero-order chi connectivity index (χ0) is 18.9. The van der Waals surface area contributed by atoms with Crippen LogP contribution in [-0.4, -0.2) is 26.0 Å². The number of rotatable bonds is 6. The zero-order valence-corrected chi connectivity index (χ0v) is 15.5. The van der Waals surface area contributed by atoms with Gasteiger partial charge in [-0.1, -0.05) is 31.5 Å². The van der Waals surface area contributed by atoms with E-state index in [9.17, 15) is 18.0 Å². The normalized spacial score (nSPS) is 13.8. The summed E-state index contributed by atoms with van der Waals surface area (Å²) in [5.74, 6) is -0.788. The molecule has 0 saturated heterocycles. The molecule has 2 aromatic rings. The number of anilines is 2. The van der Waals surface area contributed by atoms with Gasteiger partial charge in [0.15, 0.2) is 0 Å². The SMILES string of the molecule is CCCCS(=O)(=O)Nc1cc(N2C(=O)c3ccccc3C2=O)ccc1C. The topological polar surface area (TPSA) is 83.6 Å². The quantitative estimate of drug-likeness (QED) is 0.788. The Kier molecular flexibility index (Phi) is 4.82. The molecule has 1 aliphatic heterocycles. The van der Waals surface area contributed by atoms with Crippen LogP contribution in [0.15, 0.2) is 42.5 Å². The first kappa shape index (κ1) is 18.1. The second-order valence-electron chi connectivity index (χ2n) is 6.27. The van der Waals surface area contributed by atoms with Gasteiger partial charge in [0.1, 0.15) is 0 Å². The predicted molar refractivity (Wildman–Crippen MR) is 101 cm³/mol. The Labute approximate surface area is 152 Å². The average Bonchev–Trinajstić information content (AvgIpc) is 2.87. The number of imide groups is 1. The van der Waals surface area contributed by atoms with Crippen molar-refractivity contribution in [2.75, 3.05) is 15.4 Å². The monoisotopic (exact) mass is 372 g/mol. The Morgan fingerprint density at radius 3 is 2.19 bits per heavy atom. The highest BCUT2D eigenvalue weighted by atomic mass is 32.2. The Morgan fingerprint density at radius 1 is 1.00 bits per heavy atom. The number of nitrogens with zero attached hydrogens (tertiary/aromatic N) is 1. The lowest BCUT2D eigenvalue weighted by Gasteiger charge is -2.17. The lowest BCUT2D eigenvalue weighted by atomic mass is 10.1. The molecule has 1 N–H and O–H groups in total. The average molecular weight is 372 g/mol. The molecule has 0 unspecified atom stereocenters. The maximum atomic E-state index is 12.6. The maximum Gasteiger partial charge on any atom is 0.266 e. The summed E-state index contributed by atoms with van der Waals surface area (Å²) in [6, 6.07) is 11.5. The summed E-state index contributed by atoms with van der Waals surface area (Å²) in [6.45, 7) is 3.69. The van der Waals surface area contributed by atoms with E-state index in [0.717, 1.165) is 11.3 Å². The lowest BCUT2D eigenvalue weighted by Crippen LogP contribution is -2.29. The van der Waals surface area contributed by atoms with Gasteiger partial charge in [0.2, 0.25) is 10.0 Å². The molecule has 1 heterocycles. The van der Waals surface area contributed by atoms with Crippen LogP contribution in [0, 0.1) is 6.92 Å². The molecule has 7 heteroatoms. The van der Waals surface area contributed by atoms with E-state index in [1.807, 2.05) is 6.92 Å². The molecule has 0 saturated carbocycles. The summed E-state index contributed by atoms with van der Waals surface area (Å²) in [4.78, 5) is 26.3. The number of nitrogens with one attached hydrogen (secondary N) is 1. The van der Waals surface area contributed by atoms with Crippen LogP contribution in [0.2, 0.25) is 0 Å². The highest BCUT2D eigenvalue weighted by molar-refractivity contribution is 7.92. The van der Waals surface area contributed by atoms with Crippen LogP contribution in [-0.2, 0) is 10.0 Å². The minimum absolute atomic E-state index is 0.0280. The van der Waals surface area contributed by atoms with Gasteiger partial charge in [0.05, 0.1) is 28.3 Å². The fourth-order valence-corrected chi connectivity index (χ4v) is 4.16. The molecule has 0 spiro atoms. The summed E-state index contributed by atoms with van der Waals surface area (Å²) in [5, 5.41) is 0. The van der Waals surface area contributed by atoms with Gasteiger partial charge in [0.25, 0.3) is 11.8 Å². The maximum absolute atomic E-state index is 12.6. The van der Waals surface area contributed by atoms with Gasteiger partial charge in [-0.2, -0.15) is 0 Å². The van der Waals surface area contributed by atoms with Gasteiger partial charge in [-0.05, 0) is 43.2 Å². The minimum atomic E-state index is -3.48. The Balaban J connectivity index is 1.94. The molecular weight excluding hydrogens is 352 g/mol. The van der Waals surface area contributed by atoms with E-state index in [-0.39, 0.29) is 5.75 Å². The molecule has 0 atom stereocenters. The molecule has 136 valence electrons. The first-order valence-corrected chi connectivity index (χ1v) is 10.1. The Bertz CT molecular complexity index is 948. The summed E-state index contributed by atoms with van der Waals surface area (Å²) in [7, 11) is -3.48. The number of hydrogen-bond acceptors (Lipinski definition) is 4. The number of benzene rings is 2. The Morgan fingerprint density at radius 2 is 1.62 bits per heavy atom. The lowest BCUT2D eigenvalue weighted by molar-refractivity contribution is 0.0926. The first-order valence-electron chi connectivity index (χ1n) is 8.43. The standard InChI is InChI=1S/C19H20N2O4S/c1-3-4-11-26(24,25)20-17-12-14(10-9-13(17)2)21-18(22)15-7-5-6-8-16(15)19(21)23/h5-10,12,20H,3-4,11H2,1-2H3. The van der Waals surface area contributed by atoms with Crippen LogP contribution in [0.5, 0.6) is 0 Å². The van der Waals surface area contributed by atoms with E-state index in [2.05, 4.69) is 4.72 Å². The highest BCUT2D eigenvalue weighted by Gasteiger charge is 2.36. The van der Waals surface area contributed by atoms with Crippen molar-refractivity contribution in [1.29, 1.82) is 0 Å². The molecule has 0 fully saturated rings. The van der Waals surface area contributed by atoms with Gasteiger partial charge in [-0.25, -0.2) is 13.3 Å². The van der Waals surface area contributed by atoms with Gasteiger partial charge >= 0.3 is 0 Å². The number of aryl methyl sites for hydroxylation is 1. The molecule has 26 heavy (non-hydrogen) atoms. The number of unbranched alkanes of at least 4 members (excludes halogenated alkanes) is 1. The molecule has 2 amide bonds. The minimum Gasteiger partial charge on any atom is -0.283 e. The second kappa shape index (κ2) is 6.92. The van der Waals surface area contributed by atoms with Gasteiger partial charge in [-0.15, -0.1) is 0 Å².